The molecular weight excluding hydrogens is 218 g/mol. The van der Waals surface area contributed by atoms with Crippen LogP contribution in [-0.4, -0.2) is 6.54 Å². The van der Waals surface area contributed by atoms with E-state index in [0.717, 1.165) is 12.5 Å². The normalized spacial score (nSPS) is 33.1. The van der Waals surface area contributed by atoms with Crippen LogP contribution in [0, 0.1) is 5.92 Å². The summed E-state index contributed by atoms with van der Waals surface area (Å²) < 4.78 is 0. The van der Waals surface area contributed by atoms with Crippen molar-refractivity contribution in [3.8, 4) is 0 Å². The van der Waals surface area contributed by atoms with Crippen LogP contribution < -0.4 is 5.32 Å². The van der Waals surface area contributed by atoms with E-state index >= 15 is 0 Å². The highest BCUT2D eigenvalue weighted by molar-refractivity contribution is 5.43. The van der Waals surface area contributed by atoms with Gasteiger partial charge in [0.05, 0.1) is 0 Å². The molecule has 1 unspecified atom stereocenters. The van der Waals surface area contributed by atoms with E-state index in [4.69, 9.17) is 0 Å². The molecule has 0 amide bonds. The number of hydrogen-bond acceptors (Lipinski definition) is 1. The van der Waals surface area contributed by atoms with Crippen LogP contribution in [0.2, 0.25) is 0 Å². The predicted octanol–water partition coefficient (Wildman–Crippen LogP) is 3.29. The van der Waals surface area contributed by atoms with Gasteiger partial charge in [-0.15, -0.1) is 0 Å². The molecular formula is C17H17N. The number of benzene rings is 2. The number of nitrogens with one attached hydrogen (secondary N) is 1. The topological polar surface area (TPSA) is 12.0 Å². The predicted molar refractivity (Wildman–Crippen MR) is 73.4 cm³/mol. The van der Waals surface area contributed by atoms with Gasteiger partial charge in [-0.25, -0.2) is 0 Å². The molecule has 1 saturated carbocycles. The monoisotopic (exact) mass is 235 g/mol. The standard InChI is InChI=1S/C17H17N/c1-3-7-13(8-4-1)16-17(11-15(17)12-18-16)14-9-5-2-6-10-14/h1-10,15-16,18H,11-12H2/t15?,16-,17+/m0/s1. The van der Waals surface area contributed by atoms with Gasteiger partial charge in [-0.3, -0.25) is 0 Å². The maximum absolute atomic E-state index is 3.71. The fourth-order valence-electron chi connectivity index (χ4n) is 3.73. The first kappa shape index (κ1) is 10.3. The first-order chi connectivity index (χ1) is 8.91. The molecule has 2 aromatic carbocycles. The third-order valence-corrected chi connectivity index (χ3v) is 4.68. The molecule has 1 nitrogen and oxygen atoms in total. The molecule has 4 rings (SSSR count). The van der Waals surface area contributed by atoms with Gasteiger partial charge in [0.25, 0.3) is 0 Å². The molecule has 0 aromatic heterocycles. The van der Waals surface area contributed by atoms with Gasteiger partial charge in [0.1, 0.15) is 0 Å². The number of rotatable bonds is 2. The fraction of sp³-hybridized carbons (Fsp3) is 0.294. The van der Waals surface area contributed by atoms with E-state index in [1.165, 1.54) is 17.5 Å². The van der Waals surface area contributed by atoms with Crippen molar-refractivity contribution in [2.24, 2.45) is 5.92 Å². The molecule has 1 aliphatic carbocycles. The molecule has 1 N–H and O–H groups in total. The molecule has 1 saturated heterocycles. The quantitative estimate of drug-likeness (QED) is 0.842. The lowest BCUT2D eigenvalue weighted by atomic mass is 9.84. The third-order valence-electron chi connectivity index (χ3n) is 4.68. The third kappa shape index (κ3) is 1.31. The van der Waals surface area contributed by atoms with Crippen LogP contribution in [0.4, 0.5) is 0 Å². The average Bonchev–Trinajstić information content (AvgIpc) is 3.07. The molecule has 2 aliphatic rings. The van der Waals surface area contributed by atoms with Crippen molar-refractivity contribution >= 4 is 0 Å². The van der Waals surface area contributed by atoms with Gasteiger partial charge in [0.15, 0.2) is 0 Å². The van der Waals surface area contributed by atoms with Crippen LogP contribution in [-0.2, 0) is 5.41 Å². The highest BCUT2D eigenvalue weighted by Crippen LogP contribution is 2.64. The zero-order chi connectivity index (χ0) is 12.0. The highest BCUT2D eigenvalue weighted by Gasteiger charge is 2.63. The van der Waals surface area contributed by atoms with Gasteiger partial charge in [-0.05, 0) is 30.0 Å². The second-order valence-corrected chi connectivity index (χ2v) is 5.56. The summed E-state index contributed by atoms with van der Waals surface area (Å²) in [6.07, 6.45) is 1.34. The van der Waals surface area contributed by atoms with Crippen LogP contribution in [0.3, 0.4) is 0 Å². The maximum atomic E-state index is 3.71. The van der Waals surface area contributed by atoms with Gasteiger partial charge in [0.2, 0.25) is 0 Å². The lowest BCUT2D eigenvalue weighted by Gasteiger charge is -2.24. The summed E-state index contributed by atoms with van der Waals surface area (Å²) in [6, 6.07) is 22.4. The average molecular weight is 235 g/mol. The fourth-order valence-corrected chi connectivity index (χ4v) is 3.73. The molecule has 1 heterocycles. The molecule has 2 aromatic rings. The number of hydrogen-bond donors (Lipinski definition) is 1. The Labute approximate surface area is 108 Å². The van der Waals surface area contributed by atoms with E-state index in [1.807, 2.05) is 0 Å². The zero-order valence-corrected chi connectivity index (χ0v) is 10.3. The van der Waals surface area contributed by atoms with E-state index < -0.39 is 0 Å². The second kappa shape index (κ2) is 3.69. The second-order valence-electron chi connectivity index (χ2n) is 5.56. The molecule has 1 heteroatoms. The molecule has 2 fully saturated rings. The smallest absolute Gasteiger partial charge is 0.0421 e. The summed E-state index contributed by atoms with van der Waals surface area (Å²) >= 11 is 0. The van der Waals surface area contributed by atoms with E-state index in [2.05, 4.69) is 66.0 Å². The minimum Gasteiger partial charge on any atom is -0.309 e. The molecule has 0 spiro atoms. The van der Waals surface area contributed by atoms with Crippen molar-refractivity contribution in [1.82, 2.24) is 5.32 Å². The van der Waals surface area contributed by atoms with Crippen LogP contribution in [0.1, 0.15) is 23.6 Å². The number of fused-ring (bicyclic) bond motifs is 1. The van der Waals surface area contributed by atoms with Crippen molar-refractivity contribution in [2.45, 2.75) is 17.9 Å². The van der Waals surface area contributed by atoms with Gasteiger partial charge in [-0.2, -0.15) is 0 Å². The van der Waals surface area contributed by atoms with Crippen LogP contribution in [0.15, 0.2) is 60.7 Å². The SMILES string of the molecule is c1ccc([C@@H]2NCC3C[C@@]32c2ccccc2)cc1. The minimum atomic E-state index is 0.364. The Morgan fingerprint density at radius 1 is 0.889 bits per heavy atom. The van der Waals surface area contributed by atoms with Crippen LogP contribution >= 0.6 is 0 Å². The molecule has 1 aliphatic heterocycles. The van der Waals surface area contributed by atoms with Crippen LogP contribution in [0.25, 0.3) is 0 Å². The van der Waals surface area contributed by atoms with Gasteiger partial charge >= 0.3 is 0 Å². The van der Waals surface area contributed by atoms with Crippen molar-refractivity contribution in [3.63, 3.8) is 0 Å². The lowest BCUT2D eigenvalue weighted by molar-refractivity contribution is 0.504. The van der Waals surface area contributed by atoms with Crippen LogP contribution in [0.5, 0.6) is 0 Å². The molecule has 90 valence electrons. The summed E-state index contributed by atoms with van der Waals surface area (Å²) in [5.74, 6) is 0.824. The molecule has 3 atom stereocenters. The van der Waals surface area contributed by atoms with Gasteiger partial charge in [-0.1, -0.05) is 60.7 Å². The van der Waals surface area contributed by atoms with E-state index in [-0.39, 0.29) is 0 Å². The summed E-state index contributed by atoms with van der Waals surface area (Å²) in [6.45, 7) is 1.16. The summed E-state index contributed by atoms with van der Waals surface area (Å²) in [7, 11) is 0. The molecule has 0 radical (unpaired) electrons. The Morgan fingerprint density at radius 3 is 2.22 bits per heavy atom. The molecule has 0 bridgehead atoms. The van der Waals surface area contributed by atoms with Gasteiger partial charge in [0, 0.05) is 11.5 Å². The van der Waals surface area contributed by atoms with E-state index in [9.17, 15) is 0 Å². The number of piperidine rings is 1. The van der Waals surface area contributed by atoms with E-state index in [1.54, 1.807) is 0 Å². The summed E-state index contributed by atoms with van der Waals surface area (Å²) in [4.78, 5) is 0. The lowest BCUT2D eigenvalue weighted by Crippen LogP contribution is -2.25. The van der Waals surface area contributed by atoms with Crippen molar-refractivity contribution in [1.29, 1.82) is 0 Å². The summed E-state index contributed by atoms with van der Waals surface area (Å²) in [5, 5.41) is 3.71. The highest BCUT2D eigenvalue weighted by atomic mass is 15.0. The minimum absolute atomic E-state index is 0.364. The first-order valence-electron chi connectivity index (χ1n) is 6.75. The Bertz CT molecular complexity index is 548. The van der Waals surface area contributed by atoms with Crippen molar-refractivity contribution in [3.05, 3.63) is 71.8 Å². The van der Waals surface area contributed by atoms with Gasteiger partial charge < -0.3 is 5.32 Å². The Kier molecular flexibility index (Phi) is 2.12. The molecule has 18 heavy (non-hydrogen) atoms. The largest absolute Gasteiger partial charge is 0.309 e. The zero-order valence-electron chi connectivity index (χ0n) is 10.3. The maximum Gasteiger partial charge on any atom is 0.0421 e. The van der Waals surface area contributed by atoms with Crippen molar-refractivity contribution in [2.75, 3.05) is 6.54 Å². The Balaban J connectivity index is 1.78. The summed E-state index contributed by atoms with van der Waals surface area (Å²) in [5.41, 5.74) is 3.30. The Morgan fingerprint density at radius 2 is 1.56 bits per heavy atom. The van der Waals surface area contributed by atoms with E-state index in [0.29, 0.717) is 11.5 Å². The first-order valence-corrected chi connectivity index (χ1v) is 6.75. The Hall–Kier alpha value is -1.60. The van der Waals surface area contributed by atoms with Crippen molar-refractivity contribution < 1.29 is 0 Å².